The Bertz CT molecular complexity index is 144. The van der Waals surface area contributed by atoms with Gasteiger partial charge in [-0.05, 0) is 0 Å². The second-order valence-electron chi connectivity index (χ2n) is 1.80. The molecule has 0 saturated heterocycles. The molecule has 0 aromatic heterocycles. The molecule has 0 unspecified atom stereocenters. The van der Waals surface area contributed by atoms with Gasteiger partial charge in [0.1, 0.15) is 12.7 Å². The van der Waals surface area contributed by atoms with E-state index in [1.54, 1.807) is 0 Å². The molecular weight excluding hydrogens is 146 g/mol. The van der Waals surface area contributed by atoms with Gasteiger partial charge in [0.25, 0.3) is 5.92 Å². The van der Waals surface area contributed by atoms with Gasteiger partial charge < -0.3 is 9.90 Å². The van der Waals surface area contributed by atoms with Gasteiger partial charge in [-0.1, -0.05) is 0 Å². The number of halogens is 2. The zero-order chi connectivity index (χ0) is 8.20. The Hall–Kier alpha value is -1.00. The van der Waals surface area contributed by atoms with Crippen molar-refractivity contribution in [1.29, 1.82) is 0 Å². The fourth-order valence-electron chi connectivity index (χ4n) is 0.415. The van der Waals surface area contributed by atoms with Crippen LogP contribution >= 0.6 is 0 Å². The van der Waals surface area contributed by atoms with E-state index in [0.29, 0.717) is 0 Å². The van der Waals surface area contributed by atoms with Gasteiger partial charge >= 0.3 is 5.97 Å². The highest BCUT2D eigenvalue weighted by atomic mass is 19.3. The van der Waals surface area contributed by atoms with E-state index in [1.807, 2.05) is 0 Å². The second-order valence-corrected chi connectivity index (χ2v) is 1.80. The van der Waals surface area contributed by atoms with E-state index < -0.39 is 24.7 Å². The summed E-state index contributed by atoms with van der Waals surface area (Å²) in [4.78, 5) is 19.2. The van der Waals surface area contributed by atoms with Gasteiger partial charge in [-0.25, -0.2) is 8.78 Å². The number of hydrogen-bond acceptors (Lipinski definition) is 2. The topological polar surface area (TPSA) is 54.4 Å². The van der Waals surface area contributed by atoms with Gasteiger partial charge in [0.2, 0.25) is 0 Å². The highest BCUT2D eigenvalue weighted by molar-refractivity contribution is 5.68. The molecule has 0 saturated carbocycles. The van der Waals surface area contributed by atoms with Gasteiger partial charge in [0.05, 0.1) is 6.42 Å². The predicted molar refractivity (Wildman–Crippen MR) is 27.9 cm³/mol. The lowest BCUT2D eigenvalue weighted by molar-refractivity contribution is -0.145. The van der Waals surface area contributed by atoms with Gasteiger partial charge in [-0.15, -0.1) is 0 Å². The van der Waals surface area contributed by atoms with E-state index in [1.165, 1.54) is 0 Å². The molecule has 0 spiro atoms. The van der Waals surface area contributed by atoms with Crippen molar-refractivity contribution in [3.8, 4) is 0 Å². The highest BCUT2D eigenvalue weighted by Gasteiger charge is 2.31. The third-order valence-electron chi connectivity index (χ3n) is 0.792. The Morgan fingerprint density at radius 1 is 1.60 bits per heavy atom. The molecule has 0 radical (unpaired) electrons. The van der Waals surface area contributed by atoms with Crippen molar-refractivity contribution in [2.24, 2.45) is 0 Å². The average molecular weight is 152 g/mol. The molecule has 0 rings (SSSR count). The first-order chi connectivity index (χ1) is 4.48. The number of carbonyl (C=O) groups excluding carboxylic acids is 1. The minimum Gasteiger partial charge on any atom is -0.481 e. The van der Waals surface area contributed by atoms with Crippen LogP contribution in [0.15, 0.2) is 0 Å². The molecule has 5 heteroatoms. The molecule has 0 heterocycles. The summed E-state index contributed by atoms with van der Waals surface area (Å²) in [6, 6.07) is 0. The molecule has 0 aromatic rings. The Kier molecular flexibility index (Phi) is 2.92. The fraction of sp³-hybridized carbons (Fsp3) is 0.600. The standard InChI is InChI=1S/C5H6F2O3/c6-5(7,1-2-8)3-4(9)10/h2H,1,3H2,(H,9,10). The van der Waals surface area contributed by atoms with Gasteiger partial charge in [0.15, 0.2) is 0 Å². The first kappa shape index (κ1) is 9.00. The lowest BCUT2D eigenvalue weighted by Gasteiger charge is -2.08. The number of carboxylic acids is 1. The molecule has 0 bridgehead atoms. The number of hydrogen-bond donors (Lipinski definition) is 1. The van der Waals surface area contributed by atoms with Crippen molar-refractivity contribution in [2.75, 3.05) is 0 Å². The quantitative estimate of drug-likeness (QED) is 0.603. The first-order valence-electron chi connectivity index (χ1n) is 2.51. The minimum atomic E-state index is -3.40. The van der Waals surface area contributed by atoms with Gasteiger partial charge in [-0.2, -0.15) is 0 Å². The maximum atomic E-state index is 12.1. The summed E-state index contributed by atoms with van der Waals surface area (Å²) in [6.45, 7) is 0. The Morgan fingerprint density at radius 3 is 2.40 bits per heavy atom. The average Bonchev–Trinajstić information content (AvgIpc) is 1.59. The highest BCUT2D eigenvalue weighted by Crippen LogP contribution is 2.20. The van der Waals surface area contributed by atoms with Crippen LogP contribution in [0.5, 0.6) is 0 Å². The van der Waals surface area contributed by atoms with E-state index in [4.69, 9.17) is 5.11 Å². The molecule has 0 aliphatic heterocycles. The number of rotatable bonds is 4. The van der Waals surface area contributed by atoms with E-state index in [2.05, 4.69) is 0 Å². The van der Waals surface area contributed by atoms with Gasteiger partial charge in [-0.3, -0.25) is 4.79 Å². The minimum absolute atomic E-state index is 0.00292. The molecule has 58 valence electrons. The van der Waals surface area contributed by atoms with Crippen LogP contribution in [0.3, 0.4) is 0 Å². The van der Waals surface area contributed by atoms with Crippen molar-refractivity contribution in [1.82, 2.24) is 0 Å². The molecule has 3 nitrogen and oxygen atoms in total. The fourth-order valence-corrected chi connectivity index (χ4v) is 0.415. The summed E-state index contributed by atoms with van der Waals surface area (Å²) in [5.74, 6) is -5.00. The summed E-state index contributed by atoms with van der Waals surface area (Å²) < 4.78 is 24.1. The molecule has 10 heavy (non-hydrogen) atoms. The third kappa shape index (κ3) is 3.94. The van der Waals surface area contributed by atoms with Crippen LogP contribution in [0.4, 0.5) is 8.78 Å². The first-order valence-corrected chi connectivity index (χ1v) is 2.51. The van der Waals surface area contributed by atoms with Gasteiger partial charge in [0, 0.05) is 0 Å². The van der Waals surface area contributed by atoms with Crippen LogP contribution < -0.4 is 0 Å². The summed E-state index contributed by atoms with van der Waals surface area (Å²) in [5, 5.41) is 7.88. The lowest BCUT2D eigenvalue weighted by atomic mass is 10.2. The van der Waals surface area contributed by atoms with Crippen molar-refractivity contribution < 1.29 is 23.5 Å². The molecule has 1 N–H and O–H groups in total. The Labute approximate surface area is 55.6 Å². The zero-order valence-corrected chi connectivity index (χ0v) is 5.01. The van der Waals surface area contributed by atoms with E-state index >= 15 is 0 Å². The van der Waals surface area contributed by atoms with Crippen molar-refractivity contribution in [3.05, 3.63) is 0 Å². The summed E-state index contributed by atoms with van der Waals surface area (Å²) in [7, 11) is 0. The van der Waals surface area contributed by atoms with Crippen LogP contribution in [0.2, 0.25) is 0 Å². The lowest BCUT2D eigenvalue weighted by Crippen LogP contribution is -2.21. The number of carbonyl (C=O) groups is 2. The van der Waals surface area contributed by atoms with Crippen LogP contribution in [0.1, 0.15) is 12.8 Å². The SMILES string of the molecule is O=CCC(F)(F)CC(=O)O. The van der Waals surface area contributed by atoms with Crippen LogP contribution in [0, 0.1) is 0 Å². The van der Waals surface area contributed by atoms with Crippen molar-refractivity contribution in [2.45, 2.75) is 18.8 Å². The smallest absolute Gasteiger partial charge is 0.309 e. The van der Waals surface area contributed by atoms with E-state index in [0.717, 1.165) is 0 Å². The largest absolute Gasteiger partial charge is 0.481 e. The van der Waals surface area contributed by atoms with Crippen molar-refractivity contribution >= 4 is 12.3 Å². The van der Waals surface area contributed by atoms with E-state index in [-0.39, 0.29) is 6.29 Å². The molecule has 0 aliphatic carbocycles. The van der Waals surface area contributed by atoms with Crippen LogP contribution in [-0.4, -0.2) is 23.3 Å². The van der Waals surface area contributed by atoms with Crippen molar-refractivity contribution in [3.63, 3.8) is 0 Å². The zero-order valence-electron chi connectivity index (χ0n) is 5.01. The molecule has 0 fully saturated rings. The Balaban J connectivity index is 3.85. The number of alkyl halides is 2. The second kappa shape index (κ2) is 3.24. The molecular formula is C5H6F2O3. The van der Waals surface area contributed by atoms with Crippen LogP contribution in [-0.2, 0) is 9.59 Å². The van der Waals surface area contributed by atoms with Crippen LogP contribution in [0.25, 0.3) is 0 Å². The summed E-state index contributed by atoms with van der Waals surface area (Å²) in [6.07, 6.45) is -2.31. The molecule has 0 amide bonds. The number of carboxylic acid groups (broad SMARTS) is 1. The molecule has 0 atom stereocenters. The maximum Gasteiger partial charge on any atom is 0.309 e. The number of aldehydes is 1. The monoisotopic (exact) mass is 152 g/mol. The molecule has 0 aromatic carbocycles. The molecule has 0 aliphatic rings. The van der Waals surface area contributed by atoms with E-state index in [9.17, 15) is 18.4 Å². The summed E-state index contributed by atoms with van der Waals surface area (Å²) in [5.41, 5.74) is 0. The number of aliphatic carboxylic acids is 1. The summed E-state index contributed by atoms with van der Waals surface area (Å²) >= 11 is 0. The third-order valence-corrected chi connectivity index (χ3v) is 0.792. The Morgan fingerprint density at radius 2 is 2.10 bits per heavy atom. The maximum absolute atomic E-state index is 12.1. The predicted octanol–water partition coefficient (Wildman–Crippen LogP) is 0.685. The normalized spacial score (nSPS) is 11.0.